The Hall–Kier alpha value is -2.15. The van der Waals surface area contributed by atoms with Gasteiger partial charge in [-0.15, -0.1) is 11.3 Å². The first kappa shape index (κ1) is 17.2. The van der Waals surface area contributed by atoms with Crippen LogP contribution in [0.1, 0.15) is 35.6 Å². The molecule has 1 atom stereocenters. The molecule has 2 heterocycles. The second kappa shape index (κ2) is 7.41. The minimum Gasteiger partial charge on any atom is -0.357 e. The highest BCUT2D eigenvalue weighted by molar-refractivity contribution is 7.15. The molecule has 2 amide bonds. The van der Waals surface area contributed by atoms with E-state index >= 15 is 0 Å². The molecule has 124 valence electrons. The van der Waals surface area contributed by atoms with E-state index in [4.69, 9.17) is 0 Å². The number of nitrogens with zero attached hydrogens (tertiary/aromatic N) is 1. The minimum atomic E-state index is -0.559. The summed E-state index contributed by atoms with van der Waals surface area (Å²) in [6.45, 7) is 6.04. The second-order valence-corrected chi connectivity index (χ2v) is 7.13. The monoisotopic (exact) mass is 334 g/mol. The molecule has 0 aromatic carbocycles. The topological polar surface area (TPSA) is 86.9 Å². The molecule has 3 N–H and O–H groups in total. The lowest BCUT2D eigenvalue weighted by Gasteiger charge is -2.18. The summed E-state index contributed by atoms with van der Waals surface area (Å²) >= 11 is 1.63. The third-order valence-corrected chi connectivity index (χ3v) is 4.43. The molecule has 0 radical (unpaired) electrons. The molecule has 0 bridgehead atoms. The Morgan fingerprint density at radius 1 is 1.35 bits per heavy atom. The van der Waals surface area contributed by atoms with Crippen molar-refractivity contribution in [3.05, 3.63) is 28.8 Å². The number of carbonyl (C=O) groups excluding carboxylic acids is 2. The van der Waals surface area contributed by atoms with E-state index in [2.05, 4.69) is 20.8 Å². The molecule has 0 spiro atoms. The van der Waals surface area contributed by atoms with Gasteiger partial charge in [0.05, 0.1) is 10.6 Å². The van der Waals surface area contributed by atoms with Crippen molar-refractivity contribution in [2.45, 2.75) is 33.2 Å². The minimum absolute atomic E-state index is 0.198. The van der Waals surface area contributed by atoms with Gasteiger partial charge in [0.15, 0.2) is 5.69 Å². The number of rotatable bonds is 6. The fourth-order valence-electron chi connectivity index (χ4n) is 2.25. The van der Waals surface area contributed by atoms with Crippen molar-refractivity contribution >= 4 is 23.2 Å². The average Bonchev–Trinajstić information content (AvgIpc) is 3.13. The number of amides is 2. The fraction of sp³-hybridized carbons (Fsp3) is 0.438. The van der Waals surface area contributed by atoms with Crippen LogP contribution in [0.2, 0.25) is 0 Å². The number of aryl methyl sites for hydroxylation is 1. The Labute approximate surface area is 139 Å². The predicted molar refractivity (Wildman–Crippen MR) is 91.4 cm³/mol. The lowest BCUT2D eigenvalue weighted by molar-refractivity contribution is -0.122. The van der Waals surface area contributed by atoms with E-state index in [1.807, 2.05) is 32.9 Å². The molecular weight excluding hydrogens is 312 g/mol. The van der Waals surface area contributed by atoms with E-state index in [0.29, 0.717) is 12.3 Å². The quantitative estimate of drug-likeness (QED) is 0.758. The first-order chi connectivity index (χ1) is 10.9. The third-order valence-electron chi connectivity index (χ3n) is 3.39. The summed E-state index contributed by atoms with van der Waals surface area (Å²) in [7, 11) is 1.56. The second-order valence-electron chi connectivity index (χ2n) is 5.85. The van der Waals surface area contributed by atoms with Crippen LogP contribution in [-0.4, -0.2) is 35.1 Å². The Balaban J connectivity index is 2.10. The first-order valence-electron chi connectivity index (χ1n) is 7.55. The van der Waals surface area contributed by atoms with Crippen LogP contribution in [0.15, 0.2) is 18.2 Å². The summed E-state index contributed by atoms with van der Waals surface area (Å²) in [4.78, 5) is 26.4. The first-order valence-corrected chi connectivity index (χ1v) is 8.37. The van der Waals surface area contributed by atoms with Crippen molar-refractivity contribution in [3.63, 3.8) is 0 Å². The molecule has 23 heavy (non-hydrogen) atoms. The van der Waals surface area contributed by atoms with Crippen molar-refractivity contribution in [1.82, 2.24) is 20.8 Å². The lowest BCUT2D eigenvalue weighted by Crippen LogP contribution is -2.46. The molecule has 0 aliphatic heterocycles. The van der Waals surface area contributed by atoms with Gasteiger partial charge < -0.3 is 10.6 Å². The van der Waals surface area contributed by atoms with E-state index in [1.165, 1.54) is 4.88 Å². The number of hydrogen-bond donors (Lipinski definition) is 3. The number of likely N-dealkylation sites (N-methyl/N-ethyl adjacent to an activating group) is 1. The number of carbonyl (C=O) groups is 2. The number of nitrogens with one attached hydrogen (secondary N) is 3. The van der Waals surface area contributed by atoms with Gasteiger partial charge in [-0.25, -0.2) is 0 Å². The summed E-state index contributed by atoms with van der Waals surface area (Å²) < 4.78 is 0. The molecule has 2 aromatic rings. The maximum absolute atomic E-state index is 12.3. The summed E-state index contributed by atoms with van der Waals surface area (Å²) in [6, 6.07) is 5.15. The largest absolute Gasteiger partial charge is 0.357 e. The Morgan fingerprint density at radius 3 is 2.65 bits per heavy atom. The molecule has 6 nitrogen and oxygen atoms in total. The molecule has 1 unspecified atom stereocenters. The van der Waals surface area contributed by atoms with Crippen molar-refractivity contribution in [1.29, 1.82) is 0 Å². The summed E-state index contributed by atoms with van der Waals surface area (Å²) in [5.74, 6) is -0.256. The molecule has 2 rings (SSSR count). The van der Waals surface area contributed by atoms with Gasteiger partial charge in [-0.3, -0.25) is 14.7 Å². The van der Waals surface area contributed by atoms with Gasteiger partial charge in [0, 0.05) is 11.9 Å². The Morgan fingerprint density at radius 2 is 2.09 bits per heavy atom. The number of aromatic nitrogens is 2. The molecule has 0 saturated carbocycles. The van der Waals surface area contributed by atoms with Crippen LogP contribution in [0.4, 0.5) is 0 Å². The van der Waals surface area contributed by atoms with Gasteiger partial charge in [-0.05, 0) is 37.5 Å². The third kappa shape index (κ3) is 4.41. The predicted octanol–water partition coefficient (Wildman–Crippen LogP) is 2.34. The zero-order valence-corrected chi connectivity index (χ0v) is 14.6. The normalized spacial score (nSPS) is 12.2. The van der Waals surface area contributed by atoms with Crippen molar-refractivity contribution < 1.29 is 9.59 Å². The van der Waals surface area contributed by atoms with E-state index in [-0.39, 0.29) is 17.5 Å². The van der Waals surface area contributed by atoms with E-state index in [9.17, 15) is 9.59 Å². The Bertz CT molecular complexity index is 690. The number of aromatic amines is 1. The number of hydrogen-bond acceptors (Lipinski definition) is 4. The fourth-order valence-corrected chi connectivity index (χ4v) is 3.09. The van der Waals surface area contributed by atoms with Crippen LogP contribution >= 0.6 is 11.3 Å². The van der Waals surface area contributed by atoms with Gasteiger partial charge >= 0.3 is 0 Å². The highest BCUT2D eigenvalue weighted by Crippen LogP contribution is 2.26. The van der Waals surface area contributed by atoms with Crippen LogP contribution in [0.25, 0.3) is 10.6 Å². The van der Waals surface area contributed by atoms with Gasteiger partial charge in [-0.2, -0.15) is 5.10 Å². The smallest absolute Gasteiger partial charge is 0.272 e. The number of H-pyrrole nitrogens is 1. The van der Waals surface area contributed by atoms with Crippen LogP contribution < -0.4 is 10.6 Å². The zero-order chi connectivity index (χ0) is 17.0. The molecule has 2 aromatic heterocycles. The molecule has 0 aliphatic rings. The van der Waals surface area contributed by atoms with Gasteiger partial charge in [0.1, 0.15) is 6.04 Å². The molecule has 0 aliphatic carbocycles. The Kier molecular flexibility index (Phi) is 5.54. The highest BCUT2D eigenvalue weighted by atomic mass is 32.1. The van der Waals surface area contributed by atoms with Crippen molar-refractivity contribution in [3.8, 4) is 10.6 Å². The van der Waals surface area contributed by atoms with Crippen molar-refractivity contribution in [2.24, 2.45) is 5.92 Å². The SMILES string of the molecule is CNC(=O)C(CC(C)C)NC(=O)c1cc(-c2ccc(C)s2)[nH]n1. The molecule has 0 saturated heterocycles. The van der Waals surface area contributed by atoms with Crippen LogP contribution in [0.5, 0.6) is 0 Å². The highest BCUT2D eigenvalue weighted by Gasteiger charge is 2.23. The molecule has 7 heteroatoms. The lowest BCUT2D eigenvalue weighted by atomic mass is 10.0. The molecule has 0 fully saturated rings. The maximum Gasteiger partial charge on any atom is 0.272 e. The van der Waals surface area contributed by atoms with Crippen LogP contribution in [0.3, 0.4) is 0 Å². The summed E-state index contributed by atoms with van der Waals surface area (Å²) in [6.07, 6.45) is 0.576. The van der Waals surface area contributed by atoms with Crippen LogP contribution in [0, 0.1) is 12.8 Å². The zero-order valence-electron chi connectivity index (χ0n) is 13.8. The van der Waals surface area contributed by atoms with E-state index in [1.54, 1.807) is 24.5 Å². The van der Waals surface area contributed by atoms with Crippen LogP contribution in [-0.2, 0) is 4.79 Å². The van der Waals surface area contributed by atoms with E-state index < -0.39 is 6.04 Å². The standard InChI is InChI=1S/C16H22N4O2S/c1-9(2)7-12(15(21)17-4)18-16(22)13-8-11(19-20-13)14-6-5-10(3)23-14/h5-6,8-9,12H,7H2,1-4H3,(H,17,21)(H,18,22)(H,19,20). The molecular formula is C16H22N4O2S. The number of thiophene rings is 1. The maximum atomic E-state index is 12.3. The van der Waals surface area contributed by atoms with Gasteiger partial charge in [0.25, 0.3) is 5.91 Å². The van der Waals surface area contributed by atoms with Gasteiger partial charge in [-0.1, -0.05) is 13.8 Å². The average molecular weight is 334 g/mol. The van der Waals surface area contributed by atoms with Gasteiger partial charge in [0.2, 0.25) is 5.91 Å². The summed E-state index contributed by atoms with van der Waals surface area (Å²) in [5.41, 5.74) is 1.08. The summed E-state index contributed by atoms with van der Waals surface area (Å²) in [5, 5.41) is 12.3. The van der Waals surface area contributed by atoms with Crippen molar-refractivity contribution in [2.75, 3.05) is 7.05 Å². The van der Waals surface area contributed by atoms with E-state index in [0.717, 1.165) is 10.6 Å².